The van der Waals surface area contributed by atoms with Gasteiger partial charge in [-0.15, -0.1) is 0 Å². The van der Waals surface area contributed by atoms with E-state index in [0.717, 1.165) is 24.8 Å². The molecule has 38 heavy (non-hydrogen) atoms. The third kappa shape index (κ3) is 5.55. The van der Waals surface area contributed by atoms with Crippen LogP contribution in [0.2, 0.25) is 0 Å². The Hall–Kier alpha value is -3.79. The highest BCUT2D eigenvalue weighted by Crippen LogP contribution is 2.30. The molecule has 1 aromatic carbocycles. The Bertz CT molecular complexity index is 1330. The van der Waals surface area contributed by atoms with E-state index < -0.39 is 11.7 Å². The summed E-state index contributed by atoms with van der Waals surface area (Å²) in [5, 5.41) is 0.389. The van der Waals surface area contributed by atoms with E-state index in [1.165, 1.54) is 37.4 Å². The second-order valence-electron chi connectivity index (χ2n) is 9.56. The average Bonchev–Trinajstić information content (AvgIpc) is 3.29. The maximum absolute atomic E-state index is 13.6. The number of nitrogens with zero attached hydrogens (tertiary/aromatic N) is 4. The maximum Gasteiger partial charge on any atom is 0.294 e. The fourth-order valence-electron chi connectivity index (χ4n) is 4.81. The summed E-state index contributed by atoms with van der Waals surface area (Å²) in [6.07, 6.45) is 3.98. The summed E-state index contributed by atoms with van der Waals surface area (Å²) in [6.45, 7) is 3.39. The van der Waals surface area contributed by atoms with Gasteiger partial charge in [0.25, 0.3) is 17.6 Å². The number of carbonyl (C=O) groups is 3. The first kappa shape index (κ1) is 27.3. The van der Waals surface area contributed by atoms with Crippen molar-refractivity contribution in [3.05, 3.63) is 59.0 Å². The maximum atomic E-state index is 13.6. The summed E-state index contributed by atoms with van der Waals surface area (Å²) in [7, 11) is 4.51. The molecule has 10 heteroatoms. The number of rotatable bonds is 9. The summed E-state index contributed by atoms with van der Waals surface area (Å²) in [5.41, 5.74) is 1.85. The van der Waals surface area contributed by atoms with Crippen molar-refractivity contribution in [3.63, 3.8) is 0 Å². The van der Waals surface area contributed by atoms with Crippen LogP contribution in [0.25, 0.3) is 11.0 Å². The van der Waals surface area contributed by atoms with Gasteiger partial charge in [0.2, 0.25) is 5.88 Å². The van der Waals surface area contributed by atoms with Gasteiger partial charge in [-0.3, -0.25) is 14.4 Å². The molecular formula is C28H33FN4O5. The lowest BCUT2D eigenvalue weighted by molar-refractivity contribution is -0.125. The van der Waals surface area contributed by atoms with Gasteiger partial charge in [-0.2, -0.15) is 4.98 Å². The minimum absolute atomic E-state index is 0.104. The number of hydrogen-bond acceptors (Lipinski definition) is 6. The highest BCUT2D eigenvalue weighted by atomic mass is 19.1. The monoisotopic (exact) mass is 524 g/mol. The molecule has 4 rings (SSSR count). The SMILES string of the molecule is CCN(C)C(=O)C(=O)c1cn(COC)c2nc(OC)c(C(=O)N3CCC(Cc4ccc(F)cc4)CC3)cc12. The zero-order valence-corrected chi connectivity index (χ0v) is 22.2. The summed E-state index contributed by atoms with van der Waals surface area (Å²) < 4.78 is 25.6. The lowest BCUT2D eigenvalue weighted by Crippen LogP contribution is -2.39. The summed E-state index contributed by atoms with van der Waals surface area (Å²) in [4.78, 5) is 47.0. The van der Waals surface area contributed by atoms with Crippen molar-refractivity contribution in [2.45, 2.75) is 32.9 Å². The van der Waals surface area contributed by atoms with Crippen LogP contribution in [0, 0.1) is 11.7 Å². The average molecular weight is 525 g/mol. The number of piperidine rings is 1. The Balaban J connectivity index is 1.60. The molecule has 1 saturated heterocycles. The molecule has 0 N–H and O–H groups in total. The number of likely N-dealkylation sites (tertiary alicyclic amines) is 1. The highest BCUT2D eigenvalue weighted by Gasteiger charge is 2.30. The Morgan fingerprint density at radius 2 is 1.79 bits per heavy atom. The molecule has 9 nitrogen and oxygen atoms in total. The van der Waals surface area contributed by atoms with Crippen molar-refractivity contribution >= 4 is 28.6 Å². The number of likely N-dealkylation sites (N-methyl/N-ethyl adjacent to an activating group) is 1. The lowest BCUT2D eigenvalue weighted by atomic mass is 9.90. The van der Waals surface area contributed by atoms with Crippen LogP contribution in [0.4, 0.5) is 4.39 Å². The second kappa shape index (κ2) is 11.7. The molecule has 3 heterocycles. The number of halogens is 1. The number of fused-ring (bicyclic) bond motifs is 1. The number of Topliss-reactive ketones (excluding diaryl/α,β-unsaturated/α-hetero) is 1. The first-order valence-electron chi connectivity index (χ1n) is 12.7. The van der Waals surface area contributed by atoms with Crippen LogP contribution in [-0.4, -0.2) is 77.9 Å². The van der Waals surface area contributed by atoms with E-state index in [-0.39, 0.29) is 35.5 Å². The van der Waals surface area contributed by atoms with Gasteiger partial charge in [-0.05, 0) is 55.9 Å². The van der Waals surface area contributed by atoms with Crippen molar-refractivity contribution < 1.29 is 28.2 Å². The lowest BCUT2D eigenvalue weighted by Gasteiger charge is -2.32. The highest BCUT2D eigenvalue weighted by molar-refractivity contribution is 6.44. The van der Waals surface area contributed by atoms with E-state index in [9.17, 15) is 18.8 Å². The van der Waals surface area contributed by atoms with E-state index in [1.807, 2.05) is 0 Å². The van der Waals surface area contributed by atoms with E-state index in [0.29, 0.717) is 36.6 Å². The Morgan fingerprint density at radius 1 is 1.11 bits per heavy atom. The van der Waals surface area contributed by atoms with Crippen molar-refractivity contribution in [2.24, 2.45) is 5.92 Å². The van der Waals surface area contributed by atoms with Gasteiger partial charge in [-0.1, -0.05) is 12.1 Å². The molecular weight excluding hydrogens is 491 g/mol. The molecule has 3 aromatic rings. The number of pyridine rings is 1. The predicted molar refractivity (Wildman–Crippen MR) is 140 cm³/mol. The van der Waals surface area contributed by atoms with Crippen LogP contribution < -0.4 is 4.74 Å². The van der Waals surface area contributed by atoms with Crippen LogP contribution in [-0.2, 0) is 22.7 Å². The quantitative estimate of drug-likeness (QED) is 0.314. The van der Waals surface area contributed by atoms with Gasteiger partial charge >= 0.3 is 0 Å². The van der Waals surface area contributed by atoms with Crippen LogP contribution in [0.5, 0.6) is 5.88 Å². The topological polar surface area (TPSA) is 94.0 Å². The van der Waals surface area contributed by atoms with Gasteiger partial charge in [0.05, 0.1) is 12.7 Å². The molecule has 0 bridgehead atoms. The van der Waals surface area contributed by atoms with Gasteiger partial charge < -0.3 is 23.8 Å². The number of amides is 2. The van der Waals surface area contributed by atoms with Crippen molar-refractivity contribution in [1.82, 2.24) is 19.4 Å². The van der Waals surface area contributed by atoms with Crippen molar-refractivity contribution in [2.75, 3.05) is 40.9 Å². The Labute approximate surface area is 221 Å². The number of ketones is 1. The fraction of sp³-hybridized carbons (Fsp3) is 0.429. The molecule has 0 aliphatic carbocycles. The summed E-state index contributed by atoms with van der Waals surface area (Å²) >= 11 is 0. The number of aromatic nitrogens is 2. The Morgan fingerprint density at radius 3 is 2.39 bits per heavy atom. The molecule has 0 radical (unpaired) electrons. The number of benzene rings is 1. The van der Waals surface area contributed by atoms with Crippen LogP contribution in [0.15, 0.2) is 36.5 Å². The fourth-order valence-corrected chi connectivity index (χ4v) is 4.81. The number of methoxy groups -OCH3 is 2. The number of hydrogen-bond donors (Lipinski definition) is 0. The van der Waals surface area contributed by atoms with Crippen molar-refractivity contribution in [3.8, 4) is 5.88 Å². The normalized spacial score (nSPS) is 14.1. The van der Waals surface area contributed by atoms with Crippen LogP contribution >= 0.6 is 0 Å². The van der Waals surface area contributed by atoms with Crippen LogP contribution in [0.3, 0.4) is 0 Å². The zero-order valence-electron chi connectivity index (χ0n) is 22.2. The summed E-state index contributed by atoms with van der Waals surface area (Å²) in [5.74, 6) is -1.29. The molecule has 1 fully saturated rings. The Kier molecular flexibility index (Phi) is 8.41. The molecule has 202 valence electrons. The van der Waals surface area contributed by atoms with Gasteiger partial charge in [0, 0.05) is 45.4 Å². The minimum atomic E-state index is -0.679. The molecule has 0 atom stereocenters. The molecule has 0 spiro atoms. The van der Waals surface area contributed by atoms with Gasteiger partial charge in [0.15, 0.2) is 0 Å². The molecule has 0 saturated carbocycles. The molecule has 1 aliphatic heterocycles. The second-order valence-corrected chi connectivity index (χ2v) is 9.56. The minimum Gasteiger partial charge on any atom is -0.480 e. The first-order chi connectivity index (χ1) is 18.3. The van der Waals surface area contributed by atoms with Gasteiger partial charge in [0.1, 0.15) is 23.8 Å². The van der Waals surface area contributed by atoms with Gasteiger partial charge in [-0.25, -0.2) is 4.39 Å². The summed E-state index contributed by atoms with van der Waals surface area (Å²) in [6, 6.07) is 8.13. The first-order valence-corrected chi connectivity index (χ1v) is 12.7. The van der Waals surface area contributed by atoms with E-state index in [1.54, 1.807) is 41.6 Å². The smallest absolute Gasteiger partial charge is 0.294 e. The third-order valence-corrected chi connectivity index (χ3v) is 7.11. The standard InChI is InChI=1S/C28H33FN4O5/c1-5-31(2)28(36)24(34)23-16-33(17-37-3)25-21(23)15-22(26(30-25)38-4)27(35)32-12-10-19(11-13-32)14-18-6-8-20(29)9-7-18/h6-9,15-16,19H,5,10-14,17H2,1-4H3. The third-order valence-electron chi connectivity index (χ3n) is 7.11. The molecule has 1 aliphatic rings. The number of carbonyl (C=O) groups excluding carboxylic acids is 3. The van der Waals surface area contributed by atoms with Crippen molar-refractivity contribution in [1.29, 1.82) is 0 Å². The van der Waals surface area contributed by atoms with E-state index in [4.69, 9.17) is 9.47 Å². The zero-order chi connectivity index (χ0) is 27.4. The molecule has 2 amide bonds. The predicted octanol–water partition coefficient (Wildman–Crippen LogP) is 3.54. The largest absolute Gasteiger partial charge is 0.480 e. The number of ether oxygens (including phenoxy) is 2. The van der Waals surface area contributed by atoms with E-state index in [2.05, 4.69) is 4.98 Å². The van der Waals surface area contributed by atoms with E-state index >= 15 is 0 Å². The molecule has 0 unspecified atom stereocenters. The van der Waals surface area contributed by atoms with Crippen LogP contribution in [0.1, 0.15) is 46.0 Å². The molecule has 2 aromatic heterocycles.